The van der Waals surface area contributed by atoms with E-state index >= 15 is 0 Å². The number of alkyl halides is 2. The van der Waals surface area contributed by atoms with Gasteiger partial charge in [-0.2, -0.15) is 0 Å². The molecule has 2 aliphatic rings. The summed E-state index contributed by atoms with van der Waals surface area (Å²) < 4.78 is 23.2. The van der Waals surface area contributed by atoms with Crippen molar-refractivity contribution in [3.63, 3.8) is 0 Å². The van der Waals surface area contributed by atoms with Crippen molar-refractivity contribution < 1.29 is 28.5 Å². The summed E-state index contributed by atoms with van der Waals surface area (Å²) in [4.78, 5) is 27.9. The summed E-state index contributed by atoms with van der Waals surface area (Å²) in [6.07, 6.45) is -0.710. The average molecular weight is 495 g/mol. The number of hydrogen-bond acceptors (Lipinski definition) is 6. The van der Waals surface area contributed by atoms with Gasteiger partial charge in [0.05, 0.1) is 31.1 Å². The molecular weight excluding hydrogens is 471 g/mol. The third-order valence-electron chi connectivity index (χ3n) is 5.36. The number of halogens is 2. The Morgan fingerprint density at radius 3 is 2.18 bits per heavy atom. The number of nitrogens with zero attached hydrogens (tertiary/aromatic N) is 2. The van der Waals surface area contributed by atoms with E-state index in [4.69, 9.17) is 42.1 Å². The second-order valence-corrected chi connectivity index (χ2v) is 8.15. The highest BCUT2D eigenvalue weighted by Gasteiger charge is 2.31. The van der Waals surface area contributed by atoms with Gasteiger partial charge in [-0.05, 0) is 24.3 Å². The number of hydrogen-bond donors (Lipinski definition) is 0. The molecule has 2 aromatic rings. The first-order valence-corrected chi connectivity index (χ1v) is 11.5. The van der Waals surface area contributed by atoms with Gasteiger partial charge in [0.1, 0.15) is 41.7 Å². The van der Waals surface area contributed by atoms with Gasteiger partial charge >= 0.3 is 0 Å². The zero-order chi connectivity index (χ0) is 23.4. The Hall–Kier alpha value is -2.68. The number of ether oxygens (including phenoxy) is 4. The van der Waals surface area contributed by atoms with Crippen LogP contribution in [0.1, 0.15) is 0 Å². The Labute approximate surface area is 201 Å². The molecule has 4 rings (SSSR count). The molecule has 0 bridgehead atoms. The van der Waals surface area contributed by atoms with Gasteiger partial charge < -0.3 is 28.7 Å². The third-order valence-corrected chi connectivity index (χ3v) is 5.81. The van der Waals surface area contributed by atoms with E-state index in [1.54, 1.807) is 41.2 Å². The van der Waals surface area contributed by atoms with Gasteiger partial charge in [-0.25, -0.2) is 0 Å². The molecule has 0 saturated carbocycles. The summed E-state index contributed by atoms with van der Waals surface area (Å²) >= 11 is 11.6. The minimum absolute atomic E-state index is 0.121. The molecule has 2 unspecified atom stereocenters. The zero-order valence-electron chi connectivity index (χ0n) is 18.0. The smallest absolute Gasteiger partial charge is 0.242 e. The maximum Gasteiger partial charge on any atom is 0.242 e. The van der Waals surface area contributed by atoms with Gasteiger partial charge in [0, 0.05) is 13.2 Å². The van der Waals surface area contributed by atoms with Crippen LogP contribution in [0.25, 0.3) is 0 Å². The topological polar surface area (TPSA) is 77.5 Å². The Morgan fingerprint density at radius 2 is 1.52 bits per heavy atom. The number of methoxy groups -OCH3 is 1. The first kappa shape index (κ1) is 23.5. The number of carbonyl (C=O) groups excluding carboxylic acids is 2. The molecule has 8 nitrogen and oxygen atoms in total. The Morgan fingerprint density at radius 1 is 0.909 bits per heavy atom. The SMILES string of the molecule is COCC1CN(C(=O)CCl)c2ccc(OCC3CN(C(=O)CCl)c4ccccc4O3)cc2O1. The molecule has 176 valence electrons. The van der Waals surface area contributed by atoms with Crippen LogP contribution < -0.4 is 24.0 Å². The highest BCUT2D eigenvalue weighted by molar-refractivity contribution is 6.30. The predicted molar refractivity (Wildman–Crippen MR) is 125 cm³/mol. The maximum absolute atomic E-state index is 12.3. The number of para-hydroxylation sites is 2. The quantitative estimate of drug-likeness (QED) is 0.550. The van der Waals surface area contributed by atoms with Crippen molar-refractivity contribution in [3.8, 4) is 17.2 Å². The second kappa shape index (κ2) is 10.5. The molecule has 0 aromatic heterocycles. The van der Waals surface area contributed by atoms with Crippen LogP contribution in [0, 0.1) is 0 Å². The molecule has 0 spiro atoms. The Bertz CT molecular complexity index is 1020. The lowest BCUT2D eigenvalue weighted by atomic mass is 10.1. The van der Waals surface area contributed by atoms with Crippen LogP contribution >= 0.6 is 23.2 Å². The second-order valence-electron chi connectivity index (χ2n) is 7.62. The van der Waals surface area contributed by atoms with Crippen LogP contribution in [0.2, 0.25) is 0 Å². The van der Waals surface area contributed by atoms with Crippen molar-refractivity contribution in [1.82, 2.24) is 0 Å². The van der Waals surface area contributed by atoms with E-state index < -0.39 is 0 Å². The van der Waals surface area contributed by atoms with Crippen LogP contribution in [0.5, 0.6) is 17.2 Å². The van der Waals surface area contributed by atoms with E-state index in [0.29, 0.717) is 48.3 Å². The van der Waals surface area contributed by atoms with Gasteiger partial charge in [0.15, 0.2) is 6.10 Å². The molecule has 0 fully saturated rings. The number of rotatable bonds is 7. The highest BCUT2D eigenvalue weighted by Crippen LogP contribution is 2.37. The van der Waals surface area contributed by atoms with E-state index in [0.717, 1.165) is 0 Å². The molecule has 2 aromatic carbocycles. The van der Waals surface area contributed by atoms with Gasteiger partial charge in [0.25, 0.3) is 0 Å². The first-order chi connectivity index (χ1) is 16.0. The fraction of sp³-hybridized carbons (Fsp3) is 0.391. The van der Waals surface area contributed by atoms with Gasteiger partial charge in [0.2, 0.25) is 11.8 Å². The first-order valence-electron chi connectivity index (χ1n) is 10.4. The van der Waals surface area contributed by atoms with Crippen molar-refractivity contribution in [2.75, 3.05) is 55.0 Å². The molecule has 0 radical (unpaired) electrons. The van der Waals surface area contributed by atoms with Crippen molar-refractivity contribution in [2.24, 2.45) is 0 Å². The fourth-order valence-corrected chi connectivity index (χ4v) is 4.17. The average Bonchev–Trinajstić information content (AvgIpc) is 2.85. The third kappa shape index (κ3) is 5.13. The van der Waals surface area contributed by atoms with Crippen molar-refractivity contribution in [1.29, 1.82) is 0 Å². The molecule has 0 aliphatic carbocycles. The summed E-state index contributed by atoms with van der Waals surface area (Å²) in [7, 11) is 1.58. The number of benzene rings is 2. The lowest BCUT2D eigenvalue weighted by Crippen LogP contribution is -2.46. The molecule has 10 heteroatoms. The molecule has 2 atom stereocenters. The van der Waals surface area contributed by atoms with Gasteiger partial charge in [-0.15, -0.1) is 23.2 Å². The van der Waals surface area contributed by atoms with Crippen molar-refractivity contribution in [2.45, 2.75) is 12.2 Å². The molecule has 2 heterocycles. The van der Waals surface area contributed by atoms with E-state index in [9.17, 15) is 9.59 Å². The van der Waals surface area contributed by atoms with E-state index in [-0.39, 0.29) is 42.4 Å². The Kier molecular flexibility index (Phi) is 7.47. The molecule has 0 N–H and O–H groups in total. The van der Waals surface area contributed by atoms with Crippen LogP contribution in [0.3, 0.4) is 0 Å². The molecule has 0 saturated heterocycles. The minimum atomic E-state index is -0.389. The number of fused-ring (bicyclic) bond motifs is 2. The Balaban J connectivity index is 1.49. The number of amides is 2. The number of anilines is 2. The van der Waals surface area contributed by atoms with E-state index in [1.807, 2.05) is 18.2 Å². The predicted octanol–water partition coefficient (Wildman–Crippen LogP) is 3.08. The summed E-state index contributed by atoms with van der Waals surface area (Å²) in [5, 5.41) is 0. The normalized spacial score (nSPS) is 19.1. The van der Waals surface area contributed by atoms with Gasteiger partial charge in [-0.3, -0.25) is 9.59 Å². The van der Waals surface area contributed by atoms with Crippen molar-refractivity contribution in [3.05, 3.63) is 42.5 Å². The number of carbonyl (C=O) groups is 2. The monoisotopic (exact) mass is 494 g/mol. The summed E-state index contributed by atoms with van der Waals surface area (Å²) in [5.41, 5.74) is 1.32. The van der Waals surface area contributed by atoms with Crippen LogP contribution in [0.4, 0.5) is 11.4 Å². The van der Waals surface area contributed by atoms with Crippen LogP contribution in [-0.4, -0.2) is 69.2 Å². The summed E-state index contributed by atoms with van der Waals surface area (Å²) in [6.45, 7) is 1.20. The summed E-state index contributed by atoms with van der Waals surface area (Å²) in [5.74, 6) is 0.986. The van der Waals surface area contributed by atoms with E-state index in [1.165, 1.54) is 0 Å². The summed E-state index contributed by atoms with van der Waals surface area (Å²) in [6, 6.07) is 12.6. The largest absolute Gasteiger partial charge is 0.490 e. The molecule has 2 amide bonds. The van der Waals surface area contributed by atoms with Crippen LogP contribution in [-0.2, 0) is 14.3 Å². The molecular formula is C23H24Cl2N2O6. The highest BCUT2D eigenvalue weighted by atomic mass is 35.5. The van der Waals surface area contributed by atoms with Gasteiger partial charge in [-0.1, -0.05) is 12.1 Å². The van der Waals surface area contributed by atoms with Crippen molar-refractivity contribution >= 4 is 46.4 Å². The standard InChI is InChI=1S/C23H24Cl2N2O6/c1-30-13-16-11-27(23(29)10-25)19-7-6-15(8-21(19)33-16)31-14-17-12-26(22(28)9-24)18-4-2-3-5-20(18)32-17/h2-8,16-17H,9-14H2,1H3. The zero-order valence-corrected chi connectivity index (χ0v) is 19.6. The minimum Gasteiger partial charge on any atom is -0.490 e. The fourth-order valence-electron chi connectivity index (χ4n) is 3.88. The van der Waals surface area contributed by atoms with E-state index in [2.05, 4.69) is 0 Å². The maximum atomic E-state index is 12.3. The molecule has 33 heavy (non-hydrogen) atoms. The lowest BCUT2D eigenvalue weighted by Gasteiger charge is -2.35. The van der Waals surface area contributed by atoms with Crippen LogP contribution in [0.15, 0.2) is 42.5 Å². The lowest BCUT2D eigenvalue weighted by molar-refractivity contribution is -0.117. The molecule has 2 aliphatic heterocycles.